The van der Waals surface area contributed by atoms with Crippen LogP contribution in [0.15, 0.2) is 23.4 Å². The van der Waals surface area contributed by atoms with Gasteiger partial charge in [0.2, 0.25) is 10.0 Å². The number of aromatic amines is 1. The first-order valence-electron chi connectivity index (χ1n) is 5.45. The fraction of sp³-hybridized carbons (Fsp3) is 0.600. The molecule has 90 valence electrons. The van der Waals surface area contributed by atoms with Gasteiger partial charge in [0.1, 0.15) is 0 Å². The summed E-state index contributed by atoms with van der Waals surface area (Å²) in [5.74, 6) is 0. The average molecular weight is 243 g/mol. The molecule has 6 heteroatoms. The fourth-order valence-corrected chi connectivity index (χ4v) is 3.67. The molecule has 0 spiro atoms. The highest BCUT2D eigenvalue weighted by atomic mass is 32.2. The molecule has 1 aliphatic rings. The molecule has 5 nitrogen and oxygen atoms in total. The van der Waals surface area contributed by atoms with Gasteiger partial charge < -0.3 is 10.7 Å². The molecule has 0 aliphatic heterocycles. The van der Waals surface area contributed by atoms with E-state index < -0.39 is 15.6 Å². The molecule has 4 N–H and O–H groups in total. The third kappa shape index (κ3) is 2.14. The largest absolute Gasteiger partial charge is 0.366 e. The smallest absolute Gasteiger partial charge is 0.242 e. The summed E-state index contributed by atoms with van der Waals surface area (Å²) in [6.45, 7) is 0.358. The summed E-state index contributed by atoms with van der Waals surface area (Å²) < 4.78 is 26.8. The lowest BCUT2D eigenvalue weighted by molar-refractivity contribution is 0.399. The Morgan fingerprint density at radius 2 is 2.12 bits per heavy atom. The quantitative estimate of drug-likeness (QED) is 0.722. The van der Waals surface area contributed by atoms with Gasteiger partial charge in [-0.25, -0.2) is 13.1 Å². The second kappa shape index (κ2) is 4.20. The Bertz CT molecular complexity index is 433. The normalized spacial score (nSPS) is 20.1. The molecule has 0 atom stereocenters. The first kappa shape index (κ1) is 11.6. The van der Waals surface area contributed by atoms with Crippen molar-refractivity contribution in [2.24, 2.45) is 5.73 Å². The summed E-state index contributed by atoms with van der Waals surface area (Å²) in [6.07, 6.45) is 6.79. The van der Waals surface area contributed by atoms with Crippen LogP contribution in [-0.4, -0.2) is 25.5 Å². The van der Waals surface area contributed by atoms with E-state index in [1.165, 1.54) is 6.20 Å². The van der Waals surface area contributed by atoms with E-state index in [9.17, 15) is 8.42 Å². The zero-order valence-electron chi connectivity index (χ0n) is 9.07. The Hall–Kier alpha value is -0.850. The Morgan fingerprint density at radius 3 is 2.62 bits per heavy atom. The Kier molecular flexibility index (Phi) is 3.05. The van der Waals surface area contributed by atoms with Gasteiger partial charge in [0.25, 0.3) is 0 Å². The second-order valence-electron chi connectivity index (χ2n) is 4.34. The van der Waals surface area contributed by atoms with Crippen molar-refractivity contribution < 1.29 is 8.42 Å². The summed E-state index contributed by atoms with van der Waals surface area (Å²) >= 11 is 0. The Labute approximate surface area is 95.5 Å². The molecule has 1 aromatic rings. The number of H-pyrrole nitrogens is 1. The van der Waals surface area contributed by atoms with E-state index in [2.05, 4.69) is 9.71 Å². The van der Waals surface area contributed by atoms with Crippen molar-refractivity contribution in [3.8, 4) is 0 Å². The van der Waals surface area contributed by atoms with Crippen molar-refractivity contribution in [1.82, 2.24) is 9.71 Å². The van der Waals surface area contributed by atoms with Crippen molar-refractivity contribution >= 4 is 10.0 Å². The Balaban J connectivity index is 2.20. The Morgan fingerprint density at radius 1 is 1.44 bits per heavy atom. The molecular weight excluding hydrogens is 226 g/mol. The number of nitrogens with one attached hydrogen (secondary N) is 2. The summed E-state index contributed by atoms with van der Waals surface area (Å²) in [5, 5.41) is 0. The molecule has 1 fully saturated rings. The van der Waals surface area contributed by atoms with Crippen LogP contribution in [0.25, 0.3) is 0 Å². The number of hydrogen-bond acceptors (Lipinski definition) is 3. The summed E-state index contributed by atoms with van der Waals surface area (Å²) in [5.41, 5.74) is 5.26. The van der Waals surface area contributed by atoms with E-state index in [0.717, 1.165) is 25.7 Å². The molecule has 1 saturated carbocycles. The van der Waals surface area contributed by atoms with Crippen molar-refractivity contribution in [2.75, 3.05) is 6.54 Å². The first-order valence-corrected chi connectivity index (χ1v) is 6.93. The van der Waals surface area contributed by atoms with Crippen LogP contribution in [0.2, 0.25) is 0 Å². The molecule has 1 heterocycles. The van der Waals surface area contributed by atoms with E-state index in [1.807, 2.05) is 0 Å². The lowest BCUT2D eigenvalue weighted by Gasteiger charge is -2.27. The monoisotopic (exact) mass is 243 g/mol. The van der Waals surface area contributed by atoms with Gasteiger partial charge >= 0.3 is 0 Å². The topological polar surface area (TPSA) is 88.0 Å². The van der Waals surface area contributed by atoms with Crippen LogP contribution in [0.1, 0.15) is 25.7 Å². The molecule has 0 radical (unpaired) electrons. The minimum absolute atomic E-state index is 0.271. The number of aromatic nitrogens is 1. The molecule has 0 amide bonds. The molecule has 16 heavy (non-hydrogen) atoms. The van der Waals surface area contributed by atoms with E-state index >= 15 is 0 Å². The first-order chi connectivity index (χ1) is 7.58. The van der Waals surface area contributed by atoms with Crippen LogP contribution >= 0.6 is 0 Å². The third-order valence-corrected chi connectivity index (χ3v) is 4.76. The maximum Gasteiger partial charge on any atom is 0.242 e. The van der Waals surface area contributed by atoms with Crippen LogP contribution in [0.3, 0.4) is 0 Å². The zero-order valence-corrected chi connectivity index (χ0v) is 9.89. The number of nitrogens with two attached hydrogens (primary N) is 1. The lowest BCUT2D eigenvalue weighted by atomic mass is 10.0. The molecule has 0 unspecified atom stereocenters. The van der Waals surface area contributed by atoms with Crippen LogP contribution < -0.4 is 10.5 Å². The predicted octanol–water partition coefficient (Wildman–Crippen LogP) is 0.564. The minimum Gasteiger partial charge on any atom is -0.366 e. The third-order valence-electron chi connectivity index (χ3n) is 3.18. The maximum absolute atomic E-state index is 12.0. The number of rotatable bonds is 4. The van der Waals surface area contributed by atoms with Gasteiger partial charge in [0.15, 0.2) is 0 Å². The summed E-state index contributed by atoms with van der Waals surface area (Å²) in [7, 11) is -3.43. The number of sulfonamides is 1. The van der Waals surface area contributed by atoms with Crippen LogP contribution in [0.4, 0.5) is 0 Å². The highest BCUT2D eigenvalue weighted by molar-refractivity contribution is 7.89. The van der Waals surface area contributed by atoms with E-state index in [1.54, 1.807) is 12.3 Å². The van der Waals surface area contributed by atoms with Crippen LogP contribution in [-0.2, 0) is 10.0 Å². The van der Waals surface area contributed by atoms with E-state index in [-0.39, 0.29) is 4.90 Å². The molecule has 2 rings (SSSR count). The molecule has 0 saturated heterocycles. The molecule has 1 aromatic heterocycles. The van der Waals surface area contributed by atoms with Crippen molar-refractivity contribution in [1.29, 1.82) is 0 Å². The van der Waals surface area contributed by atoms with Gasteiger partial charge in [0, 0.05) is 24.5 Å². The van der Waals surface area contributed by atoms with Crippen molar-refractivity contribution in [3.63, 3.8) is 0 Å². The fourth-order valence-electron chi connectivity index (χ4n) is 2.22. The molecule has 0 aromatic carbocycles. The highest BCUT2D eigenvalue weighted by Crippen LogP contribution is 2.30. The highest BCUT2D eigenvalue weighted by Gasteiger charge is 2.36. The minimum atomic E-state index is -3.43. The second-order valence-corrected chi connectivity index (χ2v) is 6.03. The molecular formula is C10H17N3O2S. The van der Waals surface area contributed by atoms with Gasteiger partial charge in [0.05, 0.1) is 4.90 Å². The lowest BCUT2D eigenvalue weighted by Crippen LogP contribution is -2.51. The molecule has 0 bridgehead atoms. The van der Waals surface area contributed by atoms with Gasteiger partial charge in [-0.3, -0.25) is 0 Å². The van der Waals surface area contributed by atoms with Gasteiger partial charge in [-0.05, 0) is 18.9 Å². The predicted molar refractivity (Wildman–Crippen MR) is 61.4 cm³/mol. The van der Waals surface area contributed by atoms with Crippen LogP contribution in [0, 0.1) is 0 Å². The summed E-state index contributed by atoms with van der Waals surface area (Å²) in [4.78, 5) is 3.01. The van der Waals surface area contributed by atoms with Crippen LogP contribution in [0.5, 0.6) is 0 Å². The summed E-state index contributed by atoms with van der Waals surface area (Å²) in [6, 6.07) is 1.54. The van der Waals surface area contributed by atoms with Gasteiger partial charge in [-0.2, -0.15) is 0 Å². The molecule has 1 aliphatic carbocycles. The van der Waals surface area contributed by atoms with E-state index in [0.29, 0.717) is 6.54 Å². The van der Waals surface area contributed by atoms with E-state index in [4.69, 9.17) is 5.73 Å². The zero-order chi connectivity index (χ0) is 11.6. The SMILES string of the molecule is NCC1(NS(=O)(=O)c2cc[nH]c2)CCCC1. The van der Waals surface area contributed by atoms with Crippen molar-refractivity contribution in [3.05, 3.63) is 18.5 Å². The van der Waals surface area contributed by atoms with Crippen molar-refractivity contribution in [2.45, 2.75) is 36.1 Å². The number of hydrogen-bond donors (Lipinski definition) is 3. The standard InChI is InChI=1S/C10H17N3O2S/c11-8-10(4-1-2-5-10)13-16(14,15)9-3-6-12-7-9/h3,6-7,12-13H,1-2,4-5,8,11H2. The van der Waals surface area contributed by atoms with Gasteiger partial charge in [-0.15, -0.1) is 0 Å². The average Bonchev–Trinajstić information content (AvgIpc) is 2.87. The maximum atomic E-state index is 12.0. The van der Waals surface area contributed by atoms with Gasteiger partial charge in [-0.1, -0.05) is 12.8 Å².